The molecule has 5 nitrogen and oxygen atoms in total. The molecule has 0 saturated heterocycles. The van der Waals surface area contributed by atoms with Gasteiger partial charge in [-0.1, -0.05) is 0 Å². The first-order chi connectivity index (χ1) is 9.31. The first kappa shape index (κ1) is 11.5. The lowest BCUT2D eigenvalue weighted by Crippen LogP contribution is -2.05. The van der Waals surface area contributed by atoms with Gasteiger partial charge in [0.15, 0.2) is 0 Å². The number of halogens is 1. The maximum Gasteiger partial charge on any atom is 0.150 e. The fourth-order valence-corrected chi connectivity index (χ4v) is 1.72. The summed E-state index contributed by atoms with van der Waals surface area (Å²) in [4.78, 5) is 12.5. The molecule has 2 aromatic heterocycles. The highest BCUT2D eigenvalue weighted by molar-refractivity contribution is 5.58. The van der Waals surface area contributed by atoms with Crippen LogP contribution in [0.3, 0.4) is 0 Å². The van der Waals surface area contributed by atoms with Gasteiger partial charge < -0.3 is 0 Å². The molecule has 0 bridgehead atoms. The second-order valence-electron chi connectivity index (χ2n) is 3.96. The third kappa shape index (κ3) is 2.62. The summed E-state index contributed by atoms with van der Waals surface area (Å²) in [5, 5.41) is 4.00. The van der Waals surface area contributed by atoms with E-state index in [0.29, 0.717) is 12.4 Å². The van der Waals surface area contributed by atoms with Gasteiger partial charge in [-0.3, -0.25) is 0 Å². The fourth-order valence-electron chi connectivity index (χ4n) is 1.72. The van der Waals surface area contributed by atoms with Crippen molar-refractivity contribution in [2.24, 2.45) is 0 Å². The average molecular weight is 255 g/mol. The van der Waals surface area contributed by atoms with Gasteiger partial charge in [0.05, 0.1) is 5.69 Å². The number of nitrogens with zero attached hydrogens (tertiary/aromatic N) is 5. The monoisotopic (exact) mass is 255 g/mol. The Bertz CT molecular complexity index is 664. The Balaban J connectivity index is 1.89. The molecule has 3 rings (SSSR count). The Hall–Kier alpha value is -2.63. The molecule has 0 aliphatic rings. The lowest BCUT2D eigenvalue weighted by atomic mass is 10.1. The summed E-state index contributed by atoms with van der Waals surface area (Å²) in [6.45, 7) is 0.453. The summed E-state index contributed by atoms with van der Waals surface area (Å²) in [6.07, 6.45) is 4.75. The van der Waals surface area contributed by atoms with Crippen LogP contribution in [0.1, 0.15) is 5.82 Å². The van der Waals surface area contributed by atoms with E-state index in [1.54, 1.807) is 35.4 Å². The minimum atomic E-state index is -0.263. The first-order valence-corrected chi connectivity index (χ1v) is 5.71. The Morgan fingerprint density at radius 2 is 1.95 bits per heavy atom. The third-order valence-electron chi connectivity index (χ3n) is 2.62. The average Bonchev–Trinajstić information content (AvgIpc) is 2.93. The van der Waals surface area contributed by atoms with Gasteiger partial charge in [0.2, 0.25) is 0 Å². The molecule has 0 unspecified atom stereocenters. The van der Waals surface area contributed by atoms with E-state index in [1.165, 1.54) is 18.5 Å². The van der Waals surface area contributed by atoms with Crippen molar-refractivity contribution in [1.29, 1.82) is 0 Å². The van der Waals surface area contributed by atoms with E-state index in [0.717, 1.165) is 11.3 Å². The minimum absolute atomic E-state index is 0.263. The van der Waals surface area contributed by atoms with E-state index in [9.17, 15) is 4.39 Å². The zero-order chi connectivity index (χ0) is 13.1. The summed E-state index contributed by atoms with van der Waals surface area (Å²) < 4.78 is 14.5. The van der Waals surface area contributed by atoms with Crippen LogP contribution in [-0.4, -0.2) is 24.7 Å². The van der Waals surface area contributed by atoms with E-state index in [1.807, 2.05) is 0 Å². The maximum atomic E-state index is 12.9. The minimum Gasteiger partial charge on any atom is -0.245 e. The van der Waals surface area contributed by atoms with E-state index < -0.39 is 0 Å². The highest BCUT2D eigenvalue weighted by Crippen LogP contribution is 2.16. The van der Waals surface area contributed by atoms with Gasteiger partial charge in [0.25, 0.3) is 0 Å². The molecule has 0 spiro atoms. The van der Waals surface area contributed by atoms with Crippen LogP contribution >= 0.6 is 0 Å². The molecule has 0 N–H and O–H groups in total. The lowest BCUT2D eigenvalue weighted by molar-refractivity contribution is 0.628. The van der Waals surface area contributed by atoms with Gasteiger partial charge in [-0.25, -0.2) is 24.0 Å². The summed E-state index contributed by atoms with van der Waals surface area (Å²) in [5.74, 6) is 0.368. The summed E-state index contributed by atoms with van der Waals surface area (Å²) >= 11 is 0. The van der Waals surface area contributed by atoms with Gasteiger partial charge in [-0.05, 0) is 30.3 Å². The molecule has 2 heterocycles. The molecule has 19 heavy (non-hydrogen) atoms. The molecule has 0 aliphatic heterocycles. The summed E-state index contributed by atoms with van der Waals surface area (Å²) in [6, 6.07) is 8.00. The van der Waals surface area contributed by atoms with Gasteiger partial charge >= 0.3 is 0 Å². The lowest BCUT2D eigenvalue weighted by Gasteiger charge is -2.04. The number of aromatic nitrogens is 5. The highest BCUT2D eigenvalue weighted by atomic mass is 19.1. The largest absolute Gasteiger partial charge is 0.245 e. The molecule has 0 radical (unpaired) electrons. The molecule has 6 heteroatoms. The molecule has 0 fully saturated rings. The second-order valence-corrected chi connectivity index (χ2v) is 3.96. The molecular formula is C13H10FN5. The van der Waals surface area contributed by atoms with Crippen LogP contribution in [0.5, 0.6) is 0 Å². The Morgan fingerprint density at radius 3 is 2.68 bits per heavy atom. The fraction of sp³-hybridized carbons (Fsp3) is 0.0769. The van der Waals surface area contributed by atoms with Crippen molar-refractivity contribution in [1.82, 2.24) is 24.7 Å². The molecule has 0 atom stereocenters. The maximum absolute atomic E-state index is 12.9. The number of hydrogen-bond donors (Lipinski definition) is 0. The molecule has 0 saturated carbocycles. The van der Waals surface area contributed by atoms with Crippen LogP contribution in [0.4, 0.5) is 4.39 Å². The molecule has 3 aromatic rings. The van der Waals surface area contributed by atoms with Crippen molar-refractivity contribution in [2.75, 3.05) is 0 Å². The van der Waals surface area contributed by atoms with E-state index in [-0.39, 0.29) is 5.82 Å². The van der Waals surface area contributed by atoms with Gasteiger partial charge in [-0.2, -0.15) is 5.10 Å². The molecule has 94 valence electrons. The number of benzene rings is 1. The van der Waals surface area contributed by atoms with Gasteiger partial charge in [0, 0.05) is 11.8 Å². The van der Waals surface area contributed by atoms with Crippen LogP contribution in [0.25, 0.3) is 11.3 Å². The number of rotatable bonds is 3. The zero-order valence-corrected chi connectivity index (χ0v) is 9.94. The van der Waals surface area contributed by atoms with Gasteiger partial charge in [0.1, 0.15) is 30.8 Å². The van der Waals surface area contributed by atoms with Crippen molar-refractivity contribution in [3.05, 3.63) is 60.8 Å². The van der Waals surface area contributed by atoms with E-state index in [2.05, 4.69) is 20.1 Å². The zero-order valence-electron chi connectivity index (χ0n) is 9.94. The normalized spacial score (nSPS) is 10.6. The van der Waals surface area contributed by atoms with Crippen molar-refractivity contribution in [3.63, 3.8) is 0 Å². The summed E-state index contributed by atoms with van der Waals surface area (Å²) in [7, 11) is 0. The van der Waals surface area contributed by atoms with Crippen molar-refractivity contribution < 1.29 is 4.39 Å². The Morgan fingerprint density at radius 1 is 1.11 bits per heavy atom. The van der Waals surface area contributed by atoms with Crippen LogP contribution in [0, 0.1) is 5.82 Å². The van der Waals surface area contributed by atoms with Crippen molar-refractivity contribution in [3.8, 4) is 11.3 Å². The first-order valence-electron chi connectivity index (χ1n) is 5.71. The standard InChI is InChI=1S/C13H10FN5/c14-11-3-1-10(2-4-11)12-5-6-16-13(18-12)7-19-9-15-8-17-19/h1-6,8-9H,7H2. The highest BCUT2D eigenvalue weighted by Gasteiger charge is 2.03. The van der Waals surface area contributed by atoms with E-state index in [4.69, 9.17) is 0 Å². The molecule has 1 aromatic carbocycles. The Labute approximate surface area is 108 Å². The topological polar surface area (TPSA) is 56.5 Å². The molecule has 0 amide bonds. The number of hydrogen-bond acceptors (Lipinski definition) is 4. The predicted molar refractivity (Wildman–Crippen MR) is 66.6 cm³/mol. The van der Waals surface area contributed by atoms with Crippen LogP contribution in [0.15, 0.2) is 49.2 Å². The third-order valence-corrected chi connectivity index (χ3v) is 2.62. The molecular weight excluding hydrogens is 245 g/mol. The SMILES string of the molecule is Fc1ccc(-c2ccnc(Cn3cncn3)n2)cc1. The Kier molecular flexibility index (Phi) is 2.97. The van der Waals surface area contributed by atoms with E-state index >= 15 is 0 Å². The van der Waals surface area contributed by atoms with Crippen molar-refractivity contribution >= 4 is 0 Å². The van der Waals surface area contributed by atoms with Crippen LogP contribution in [0.2, 0.25) is 0 Å². The van der Waals surface area contributed by atoms with Crippen LogP contribution < -0.4 is 0 Å². The predicted octanol–water partition coefficient (Wildman–Crippen LogP) is 1.92. The second kappa shape index (κ2) is 4.93. The van der Waals surface area contributed by atoms with Gasteiger partial charge in [-0.15, -0.1) is 0 Å². The molecule has 0 aliphatic carbocycles. The quantitative estimate of drug-likeness (QED) is 0.717. The van der Waals surface area contributed by atoms with Crippen LogP contribution in [-0.2, 0) is 6.54 Å². The smallest absolute Gasteiger partial charge is 0.150 e. The van der Waals surface area contributed by atoms with Crippen molar-refractivity contribution in [2.45, 2.75) is 6.54 Å². The summed E-state index contributed by atoms with van der Waals surface area (Å²) in [5.41, 5.74) is 1.61.